The highest BCUT2D eigenvalue weighted by Gasteiger charge is 2.35. The molecule has 0 amide bonds. The third kappa shape index (κ3) is 2.42. The molecule has 0 aromatic carbocycles. The average molecular weight is 276 g/mol. The summed E-state index contributed by atoms with van der Waals surface area (Å²) in [4.78, 5) is 9.62. The largest absolute Gasteiger partial charge is 0.476 e. The molecule has 1 aromatic heterocycles. The molecule has 2 saturated heterocycles. The summed E-state index contributed by atoms with van der Waals surface area (Å²) >= 11 is 0. The van der Waals surface area contributed by atoms with Crippen LogP contribution in [0.3, 0.4) is 0 Å². The first kappa shape index (κ1) is 13.5. The third-order valence-corrected chi connectivity index (χ3v) is 4.39. The lowest BCUT2D eigenvalue weighted by atomic mass is 10.1. The zero-order chi connectivity index (χ0) is 14.1. The first-order chi connectivity index (χ1) is 9.69. The number of aromatic nitrogens is 1. The van der Waals surface area contributed by atoms with Crippen LogP contribution in [0.1, 0.15) is 26.7 Å². The Kier molecular flexibility index (Phi) is 3.70. The Labute approximate surface area is 120 Å². The van der Waals surface area contributed by atoms with Crippen molar-refractivity contribution in [2.24, 2.45) is 0 Å². The van der Waals surface area contributed by atoms with Crippen LogP contribution in [0.4, 0.5) is 11.5 Å². The molecular weight excluding hydrogens is 252 g/mol. The lowest BCUT2D eigenvalue weighted by Gasteiger charge is -2.43. The van der Waals surface area contributed by atoms with E-state index in [9.17, 15) is 0 Å². The molecule has 0 bridgehead atoms. The van der Waals surface area contributed by atoms with Gasteiger partial charge in [-0.2, -0.15) is 4.98 Å². The summed E-state index contributed by atoms with van der Waals surface area (Å²) in [5.41, 5.74) is 6.52. The molecule has 2 unspecified atom stereocenters. The van der Waals surface area contributed by atoms with Gasteiger partial charge in [-0.15, -0.1) is 0 Å². The van der Waals surface area contributed by atoms with E-state index in [2.05, 4.69) is 21.7 Å². The summed E-state index contributed by atoms with van der Waals surface area (Å²) in [6.07, 6.45) is 2.63. The van der Waals surface area contributed by atoms with Gasteiger partial charge in [-0.3, -0.25) is 4.90 Å². The number of fused-ring (bicyclic) bond motifs is 1. The zero-order valence-electron chi connectivity index (χ0n) is 12.4. The Balaban J connectivity index is 1.82. The van der Waals surface area contributed by atoms with Crippen molar-refractivity contribution >= 4 is 11.5 Å². The van der Waals surface area contributed by atoms with E-state index in [1.54, 1.807) is 0 Å². The van der Waals surface area contributed by atoms with Gasteiger partial charge in [0.1, 0.15) is 5.82 Å². The van der Waals surface area contributed by atoms with Crippen LogP contribution in [0, 0.1) is 0 Å². The Morgan fingerprint density at radius 2 is 2.25 bits per heavy atom. The maximum Gasteiger partial charge on any atom is 0.239 e. The molecule has 0 saturated carbocycles. The molecule has 2 aliphatic heterocycles. The Morgan fingerprint density at radius 1 is 1.40 bits per heavy atom. The second-order valence-corrected chi connectivity index (χ2v) is 5.79. The number of rotatable bonds is 3. The van der Waals surface area contributed by atoms with Gasteiger partial charge in [0.05, 0.1) is 12.3 Å². The first-order valence-corrected chi connectivity index (χ1v) is 7.59. The minimum absolute atomic E-state index is 0.481. The molecule has 2 fully saturated rings. The third-order valence-electron chi connectivity index (χ3n) is 4.39. The highest BCUT2D eigenvalue weighted by molar-refractivity contribution is 5.55. The number of piperazine rings is 1. The van der Waals surface area contributed by atoms with Crippen LogP contribution < -0.4 is 15.4 Å². The SMILES string of the molecule is CCOc1nc(N2CC3CCCN3CC2C)ccc1N. The van der Waals surface area contributed by atoms with Gasteiger partial charge in [-0.25, -0.2) is 0 Å². The normalized spacial score (nSPS) is 26.6. The molecule has 0 aliphatic carbocycles. The Morgan fingerprint density at radius 3 is 3.05 bits per heavy atom. The number of nitrogens with two attached hydrogens (primary N) is 1. The van der Waals surface area contributed by atoms with Gasteiger partial charge in [0, 0.05) is 25.2 Å². The van der Waals surface area contributed by atoms with Crippen molar-refractivity contribution in [1.82, 2.24) is 9.88 Å². The number of hydrogen-bond donors (Lipinski definition) is 1. The van der Waals surface area contributed by atoms with E-state index in [-0.39, 0.29) is 0 Å². The molecule has 0 radical (unpaired) electrons. The van der Waals surface area contributed by atoms with Crippen molar-refractivity contribution in [3.8, 4) is 5.88 Å². The van der Waals surface area contributed by atoms with E-state index in [1.807, 2.05) is 19.1 Å². The number of pyridine rings is 1. The predicted octanol–water partition coefficient (Wildman–Crippen LogP) is 1.74. The molecule has 0 spiro atoms. The van der Waals surface area contributed by atoms with Gasteiger partial charge in [0.15, 0.2) is 0 Å². The van der Waals surface area contributed by atoms with Gasteiger partial charge >= 0.3 is 0 Å². The number of hydrogen-bond acceptors (Lipinski definition) is 5. The molecule has 2 atom stereocenters. The van der Waals surface area contributed by atoms with Gasteiger partial charge in [0.25, 0.3) is 0 Å². The van der Waals surface area contributed by atoms with Crippen LogP contribution in [0.25, 0.3) is 0 Å². The van der Waals surface area contributed by atoms with Crippen LogP contribution >= 0.6 is 0 Å². The fourth-order valence-electron chi connectivity index (χ4n) is 3.36. The van der Waals surface area contributed by atoms with E-state index in [4.69, 9.17) is 10.5 Å². The summed E-state index contributed by atoms with van der Waals surface area (Å²) in [5.74, 6) is 1.55. The molecule has 3 rings (SSSR count). The minimum atomic E-state index is 0.481. The molecule has 5 nitrogen and oxygen atoms in total. The summed E-state index contributed by atoms with van der Waals surface area (Å²) < 4.78 is 5.52. The van der Waals surface area contributed by atoms with Crippen LogP contribution in [-0.2, 0) is 0 Å². The molecule has 20 heavy (non-hydrogen) atoms. The summed E-state index contributed by atoms with van der Waals surface area (Å²) in [5, 5.41) is 0. The quantitative estimate of drug-likeness (QED) is 0.911. The standard InChI is InChI=1S/C15H24N4O/c1-3-20-15-13(16)6-7-14(17-15)19-10-12-5-4-8-18(12)9-11(19)2/h6-7,11-12H,3-5,8-10,16H2,1-2H3. The molecular formula is C15H24N4O. The van der Waals surface area contributed by atoms with Gasteiger partial charge in [-0.05, 0) is 45.4 Å². The fraction of sp³-hybridized carbons (Fsp3) is 0.667. The smallest absolute Gasteiger partial charge is 0.239 e. The van der Waals surface area contributed by atoms with Crippen molar-refractivity contribution in [3.05, 3.63) is 12.1 Å². The maximum absolute atomic E-state index is 5.91. The highest BCUT2D eigenvalue weighted by Crippen LogP contribution is 2.30. The van der Waals surface area contributed by atoms with E-state index >= 15 is 0 Å². The molecule has 2 aliphatic rings. The topological polar surface area (TPSA) is 54.6 Å². The van der Waals surface area contributed by atoms with E-state index in [1.165, 1.54) is 19.4 Å². The molecule has 3 heterocycles. The zero-order valence-corrected chi connectivity index (χ0v) is 12.4. The summed E-state index contributed by atoms with van der Waals surface area (Å²) in [6.45, 7) is 8.25. The number of ether oxygens (including phenoxy) is 1. The predicted molar refractivity (Wildman–Crippen MR) is 81.2 cm³/mol. The van der Waals surface area contributed by atoms with Gasteiger partial charge in [-0.1, -0.05) is 0 Å². The van der Waals surface area contributed by atoms with Crippen molar-refractivity contribution < 1.29 is 4.74 Å². The Hall–Kier alpha value is -1.49. The average Bonchev–Trinajstić information content (AvgIpc) is 2.88. The van der Waals surface area contributed by atoms with Crippen LogP contribution in [0.15, 0.2) is 12.1 Å². The van der Waals surface area contributed by atoms with E-state index in [0.29, 0.717) is 30.3 Å². The highest BCUT2D eigenvalue weighted by atomic mass is 16.5. The van der Waals surface area contributed by atoms with Crippen molar-refractivity contribution in [2.45, 2.75) is 38.8 Å². The molecule has 2 N–H and O–H groups in total. The molecule has 5 heteroatoms. The van der Waals surface area contributed by atoms with E-state index in [0.717, 1.165) is 18.9 Å². The van der Waals surface area contributed by atoms with Crippen LogP contribution in [0.5, 0.6) is 5.88 Å². The van der Waals surface area contributed by atoms with Crippen molar-refractivity contribution in [1.29, 1.82) is 0 Å². The molecule has 1 aromatic rings. The van der Waals surface area contributed by atoms with Crippen molar-refractivity contribution in [3.63, 3.8) is 0 Å². The van der Waals surface area contributed by atoms with Crippen LogP contribution in [0.2, 0.25) is 0 Å². The lowest BCUT2D eigenvalue weighted by Crippen LogP contribution is -2.55. The molecule has 110 valence electrons. The van der Waals surface area contributed by atoms with Crippen LogP contribution in [-0.4, -0.2) is 48.2 Å². The first-order valence-electron chi connectivity index (χ1n) is 7.59. The summed E-state index contributed by atoms with van der Waals surface area (Å²) in [7, 11) is 0. The lowest BCUT2D eigenvalue weighted by molar-refractivity contribution is 0.202. The maximum atomic E-state index is 5.91. The Bertz CT molecular complexity index is 479. The summed E-state index contributed by atoms with van der Waals surface area (Å²) in [6, 6.07) is 5.08. The van der Waals surface area contributed by atoms with E-state index < -0.39 is 0 Å². The van der Waals surface area contributed by atoms with Gasteiger partial charge in [0.2, 0.25) is 5.88 Å². The second kappa shape index (κ2) is 5.48. The van der Waals surface area contributed by atoms with Gasteiger partial charge < -0.3 is 15.4 Å². The monoisotopic (exact) mass is 276 g/mol. The fourth-order valence-corrected chi connectivity index (χ4v) is 3.36. The second-order valence-electron chi connectivity index (χ2n) is 5.79. The number of nitrogen functional groups attached to an aromatic ring is 1. The number of anilines is 2. The number of nitrogens with zero attached hydrogens (tertiary/aromatic N) is 3. The van der Waals surface area contributed by atoms with Crippen molar-refractivity contribution in [2.75, 3.05) is 36.9 Å². The minimum Gasteiger partial charge on any atom is -0.476 e.